The van der Waals surface area contributed by atoms with E-state index in [-0.39, 0.29) is 24.2 Å². The predicted octanol–water partition coefficient (Wildman–Crippen LogP) is 4.03. The zero-order valence-corrected chi connectivity index (χ0v) is 18.0. The van der Waals surface area contributed by atoms with Crippen LogP contribution in [0.2, 0.25) is 0 Å². The lowest BCUT2D eigenvalue weighted by molar-refractivity contribution is -0.120. The molecule has 160 valence electrons. The highest BCUT2D eigenvalue weighted by atomic mass is 16.5. The van der Waals surface area contributed by atoms with Gasteiger partial charge in [-0.1, -0.05) is 30.3 Å². The van der Waals surface area contributed by atoms with Crippen LogP contribution in [0.15, 0.2) is 47.6 Å². The number of amides is 1. The molecule has 0 bridgehead atoms. The maximum Gasteiger partial charge on any atom is 0.222 e. The second-order valence-electron chi connectivity index (χ2n) is 7.82. The van der Waals surface area contributed by atoms with Crippen LogP contribution in [0.1, 0.15) is 45.1 Å². The van der Waals surface area contributed by atoms with Gasteiger partial charge in [-0.3, -0.25) is 9.79 Å². The van der Waals surface area contributed by atoms with Crippen LogP contribution in [0.3, 0.4) is 0 Å². The molecule has 0 spiro atoms. The van der Waals surface area contributed by atoms with E-state index < -0.39 is 0 Å². The van der Waals surface area contributed by atoms with Crippen molar-refractivity contribution in [1.29, 1.82) is 0 Å². The molecule has 1 saturated carbocycles. The van der Waals surface area contributed by atoms with E-state index in [1.807, 2.05) is 31.3 Å². The standard InChI is InChI=1S/C24H31N3O3/c1-17(27-18(2)28)16-29-22-9-11-23(12-10-22)30-24-21(14-25-3)13-20(15-26-24)19-7-5-4-6-8-19/h4-8,13-15,17,22-23H,9-12,16H2,1-3H3,(H,27,28)/t17-,22?,23?/m0/s1. The van der Waals surface area contributed by atoms with Crippen LogP contribution in [0.5, 0.6) is 5.88 Å². The average Bonchev–Trinajstić information content (AvgIpc) is 2.75. The highest BCUT2D eigenvalue weighted by Crippen LogP contribution is 2.28. The van der Waals surface area contributed by atoms with Gasteiger partial charge in [-0.15, -0.1) is 0 Å². The summed E-state index contributed by atoms with van der Waals surface area (Å²) in [6, 6.07) is 12.3. The van der Waals surface area contributed by atoms with E-state index in [0.717, 1.165) is 42.4 Å². The number of aliphatic imine (C=N–C) groups is 1. The Hall–Kier alpha value is -2.73. The molecule has 1 aromatic carbocycles. The topological polar surface area (TPSA) is 72.8 Å². The summed E-state index contributed by atoms with van der Waals surface area (Å²) in [6.45, 7) is 4.02. The van der Waals surface area contributed by atoms with Crippen molar-refractivity contribution >= 4 is 12.1 Å². The van der Waals surface area contributed by atoms with Gasteiger partial charge < -0.3 is 14.8 Å². The molecule has 0 radical (unpaired) electrons. The molecule has 6 nitrogen and oxygen atoms in total. The number of ether oxygens (including phenoxy) is 2. The van der Waals surface area contributed by atoms with Crippen molar-refractivity contribution in [3.63, 3.8) is 0 Å². The van der Waals surface area contributed by atoms with E-state index >= 15 is 0 Å². The van der Waals surface area contributed by atoms with Crippen LogP contribution in [0, 0.1) is 0 Å². The minimum atomic E-state index is -0.0274. The monoisotopic (exact) mass is 409 g/mol. The molecule has 3 rings (SSSR count). The van der Waals surface area contributed by atoms with Crippen molar-refractivity contribution in [3.05, 3.63) is 48.2 Å². The van der Waals surface area contributed by atoms with Crippen molar-refractivity contribution in [2.24, 2.45) is 4.99 Å². The van der Waals surface area contributed by atoms with Crippen LogP contribution in [-0.4, -0.2) is 49.0 Å². The minimum Gasteiger partial charge on any atom is -0.474 e. The molecular formula is C24H31N3O3. The third-order valence-electron chi connectivity index (χ3n) is 5.19. The van der Waals surface area contributed by atoms with Crippen LogP contribution >= 0.6 is 0 Å². The van der Waals surface area contributed by atoms with Gasteiger partial charge in [0.05, 0.1) is 18.3 Å². The number of hydrogen-bond acceptors (Lipinski definition) is 5. The Labute approximate surface area is 178 Å². The first-order valence-electron chi connectivity index (χ1n) is 10.6. The normalized spacial score (nSPS) is 20.1. The lowest BCUT2D eigenvalue weighted by Gasteiger charge is -2.29. The van der Waals surface area contributed by atoms with Gasteiger partial charge in [-0.25, -0.2) is 4.98 Å². The largest absolute Gasteiger partial charge is 0.474 e. The summed E-state index contributed by atoms with van der Waals surface area (Å²) in [5, 5.41) is 2.85. The zero-order valence-electron chi connectivity index (χ0n) is 18.0. The summed E-state index contributed by atoms with van der Waals surface area (Å²) < 4.78 is 12.2. The number of carbonyl (C=O) groups excluding carboxylic acids is 1. The molecule has 6 heteroatoms. The Bertz CT molecular complexity index is 846. The first-order valence-corrected chi connectivity index (χ1v) is 10.6. The quantitative estimate of drug-likeness (QED) is 0.668. The van der Waals surface area contributed by atoms with E-state index in [1.165, 1.54) is 6.92 Å². The lowest BCUT2D eigenvalue weighted by atomic mass is 9.95. The number of pyridine rings is 1. The van der Waals surface area contributed by atoms with Crippen molar-refractivity contribution in [2.45, 2.75) is 57.8 Å². The van der Waals surface area contributed by atoms with Crippen LogP contribution in [-0.2, 0) is 9.53 Å². The number of aromatic nitrogens is 1. The molecule has 0 saturated heterocycles. The summed E-state index contributed by atoms with van der Waals surface area (Å²) in [6.07, 6.45) is 7.72. The third-order valence-corrected chi connectivity index (χ3v) is 5.19. The Morgan fingerprint density at radius 1 is 1.20 bits per heavy atom. The van der Waals surface area contributed by atoms with Crippen LogP contribution < -0.4 is 10.1 Å². The molecule has 1 N–H and O–H groups in total. The van der Waals surface area contributed by atoms with Gasteiger partial charge in [-0.2, -0.15) is 0 Å². The first-order chi connectivity index (χ1) is 14.5. The van der Waals surface area contributed by atoms with Crippen LogP contribution in [0.4, 0.5) is 0 Å². The van der Waals surface area contributed by atoms with Crippen molar-refractivity contribution < 1.29 is 14.3 Å². The molecule has 1 atom stereocenters. The Morgan fingerprint density at radius 3 is 2.57 bits per heavy atom. The molecule has 0 aliphatic heterocycles. The molecular weight excluding hydrogens is 378 g/mol. The van der Waals surface area contributed by atoms with E-state index in [0.29, 0.717) is 12.5 Å². The Morgan fingerprint density at radius 2 is 1.90 bits per heavy atom. The molecule has 0 unspecified atom stereocenters. The van der Waals surface area contributed by atoms with E-state index in [1.54, 1.807) is 13.3 Å². The zero-order chi connectivity index (χ0) is 21.3. The molecule has 30 heavy (non-hydrogen) atoms. The van der Waals surface area contributed by atoms with Gasteiger partial charge in [0.15, 0.2) is 0 Å². The molecule has 2 aromatic rings. The maximum absolute atomic E-state index is 11.1. The number of carbonyl (C=O) groups is 1. The minimum absolute atomic E-state index is 0.0274. The van der Waals surface area contributed by atoms with Gasteiger partial charge >= 0.3 is 0 Å². The summed E-state index contributed by atoms with van der Waals surface area (Å²) in [5.41, 5.74) is 3.05. The SMILES string of the molecule is CN=Cc1cc(-c2ccccc2)cnc1OC1CCC(OC[C@H](C)NC(C)=O)CC1. The van der Waals surface area contributed by atoms with Gasteiger partial charge in [0.2, 0.25) is 11.8 Å². The van der Waals surface area contributed by atoms with Crippen molar-refractivity contribution in [2.75, 3.05) is 13.7 Å². The third kappa shape index (κ3) is 6.39. The molecule has 1 fully saturated rings. The number of nitrogens with zero attached hydrogens (tertiary/aromatic N) is 2. The van der Waals surface area contributed by atoms with Crippen LogP contribution in [0.25, 0.3) is 11.1 Å². The molecule has 1 aromatic heterocycles. The Kier molecular flexibility index (Phi) is 7.97. The van der Waals surface area contributed by atoms with Gasteiger partial charge in [0, 0.05) is 38.0 Å². The number of rotatable bonds is 8. The summed E-state index contributed by atoms with van der Waals surface area (Å²) in [4.78, 5) is 19.9. The smallest absolute Gasteiger partial charge is 0.222 e. The molecule has 1 aliphatic rings. The summed E-state index contributed by atoms with van der Waals surface area (Å²) in [5.74, 6) is 0.601. The summed E-state index contributed by atoms with van der Waals surface area (Å²) in [7, 11) is 1.75. The van der Waals surface area contributed by atoms with E-state index in [9.17, 15) is 4.79 Å². The fourth-order valence-electron chi connectivity index (χ4n) is 3.73. The first kappa shape index (κ1) is 22.0. The van der Waals surface area contributed by atoms with Gasteiger partial charge in [0.25, 0.3) is 0 Å². The highest BCUT2D eigenvalue weighted by Gasteiger charge is 2.24. The van der Waals surface area contributed by atoms with Gasteiger partial charge in [-0.05, 0) is 44.2 Å². The summed E-state index contributed by atoms with van der Waals surface area (Å²) >= 11 is 0. The fourth-order valence-corrected chi connectivity index (χ4v) is 3.73. The van der Waals surface area contributed by atoms with E-state index in [2.05, 4.69) is 33.5 Å². The predicted molar refractivity (Wildman–Crippen MR) is 119 cm³/mol. The molecule has 1 amide bonds. The lowest BCUT2D eigenvalue weighted by Crippen LogP contribution is -2.37. The fraction of sp³-hybridized carbons (Fsp3) is 0.458. The molecule has 1 heterocycles. The average molecular weight is 410 g/mol. The maximum atomic E-state index is 11.1. The molecule has 1 aliphatic carbocycles. The number of hydrogen-bond donors (Lipinski definition) is 1. The van der Waals surface area contributed by atoms with Crippen molar-refractivity contribution in [1.82, 2.24) is 10.3 Å². The number of nitrogens with one attached hydrogen (secondary N) is 1. The van der Waals surface area contributed by atoms with Crippen molar-refractivity contribution in [3.8, 4) is 17.0 Å². The highest BCUT2D eigenvalue weighted by molar-refractivity contribution is 5.85. The second kappa shape index (κ2) is 10.9. The van der Waals surface area contributed by atoms with Gasteiger partial charge in [0.1, 0.15) is 6.10 Å². The number of benzene rings is 1. The second-order valence-corrected chi connectivity index (χ2v) is 7.82. The Balaban J connectivity index is 1.56. The van der Waals surface area contributed by atoms with E-state index in [4.69, 9.17) is 9.47 Å².